The third-order valence-corrected chi connectivity index (χ3v) is 6.50. The summed E-state index contributed by atoms with van der Waals surface area (Å²) in [6.45, 7) is 9.76. The second kappa shape index (κ2) is 10.9. The number of unbranched alkanes of at least 4 members (excludes halogenated alkanes) is 3. The highest BCUT2D eigenvalue weighted by atomic mass is 32.2. The van der Waals surface area contributed by atoms with Gasteiger partial charge in [-0.1, -0.05) is 44.0 Å². The van der Waals surface area contributed by atoms with Gasteiger partial charge in [0.05, 0.1) is 4.75 Å². The van der Waals surface area contributed by atoms with Gasteiger partial charge in [-0.15, -0.1) is 0 Å². The molecule has 0 atom stereocenters. The molecule has 25 heavy (non-hydrogen) atoms. The minimum Gasteiger partial charge on any atom is -0.313 e. The first-order valence-electron chi connectivity index (χ1n) is 9.54. The summed E-state index contributed by atoms with van der Waals surface area (Å²) in [7, 11) is -3.21. The van der Waals surface area contributed by atoms with Crippen LogP contribution in [0.25, 0.3) is 0 Å². The minimum atomic E-state index is -3.21. The molecular weight excluding hydrogens is 332 g/mol. The van der Waals surface area contributed by atoms with Crippen molar-refractivity contribution in [3.63, 3.8) is 0 Å². The van der Waals surface area contributed by atoms with Crippen LogP contribution in [-0.2, 0) is 23.0 Å². The molecule has 0 spiro atoms. The summed E-state index contributed by atoms with van der Waals surface area (Å²) in [4.78, 5) is 0. The lowest BCUT2D eigenvalue weighted by Gasteiger charge is -2.19. The summed E-state index contributed by atoms with van der Waals surface area (Å²) in [6.07, 6.45) is 6.62. The molecule has 0 fully saturated rings. The van der Waals surface area contributed by atoms with Gasteiger partial charge in [-0.2, -0.15) is 0 Å². The molecule has 5 heteroatoms. The predicted octanol–water partition coefficient (Wildman–Crippen LogP) is 4.01. The van der Waals surface area contributed by atoms with Gasteiger partial charge in [0.1, 0.15) is 0 Å². The molecule has 0 heterocycles. The third-order valence-electron chi connectivity index (χ3n) is 4.30. The fourth-order valence-corrected chi connectivity index (χ4v) is 3.26. The zero-order chi connectivity index (χ0) is 18.8. The van der Waals surface area contributed by atoms with Crippen molar-refractivity contribution < 1.29 is 8.42 Å². The molecule has 0 aliphatic heterocycles. The van der Waals surface area contributed by atoms with E-state index in [4.69, 9.17) is 0 Å². The molecule has 0 radical (unpaired) electrons. The lowest BCUT2D eigenvalue weighted by atomic mass is 10.1. The van der Waals surface area contributed by atoms with Crippen molar-refractivity contribution in [1.82, 2.24) is 10.0 Å². The number of hydrogen-bond donors (Lipinski definition) is 2. The maximum atomic E-state index is 11.9. The normalized spacial score (nSPS) is 12.5. The number of aryl methyl sites for hydroxylation is 1. The summed E-state index contributed by atoms with van der Waals surface area (Å²) in [5.74, 6) is 0. The van der Waals surface area contributed by atoms with Crippen LogP contribution < -0.4 is 10.0 Å². The molecule has 4 nitrogen and oxygen atoms in total. The van der Waals surface area contributed by atoms with Crippen LogP contribution >= 0.6 is 0 Å². The highest BCUT2D eigenvalue weighted by Gasteiger charge is 2.27. The summed E-state index contributed by atoms with van der Waals surface area (Å²) in [5.41, 5.74) is 2.74. The largest absolute Gasteiger partial charge is 0.313 e. The Labute approximate surface area is 154 Å². The Kier molecular flexibility index (Phi) is 9.69. The molecule has 0 aliphatic carbocycles. The molecule has 0 bridgehead atoms. The van der Waals surface area contributed by atoms with E-state index in [0.29, 0.717) is 6.54 Å². The van der Waals surface area contributed by atoms with Crippen molar-refractivity contribution in [3.8, 4) is 0 Å². The first kappa shape index (κ1) is 22.1. The van der Waals surface area contributed by atoms with E-state index in [2.05, 4.69) is 41.2 Å². The first-order chi connectivity index (χ1) is 11.8. The van der Waals surface area contributed by atoms with Crippen molar-refractivity contribution >= 4 is 10.0 Å². The summed E-state index contributed by atoms with van der Waals surface area (Å²) >= 11 is 0. The van der Waals surface area contributed by atoms with Crippen LogP contribution in [0.1, 0.15) is 70.9 Å². The van der Waals surface area contributed by atoms with Crippen LogP contribution in [0.4, 0.5) is 0 Å². The fourth-order valence-electron chi connectivity index (χ4n) is 2.41. The molecule has 0 saturated heterocycles. The van der Waals surface area contributed by atoms with Gasteiger partial charge in [-0.3, -0.25) is 0 Å². The average molecular weight is 369 g/mol. The van der Waals surface area contributed by atoms with Gasteiger partial charge in [0, 0.05) is 13.1 Å². The fraction of sp³-hybridized carbons (Fsp3) is 0.700. The van der Waals surface area contributed by atoms with Gasteiger partial charge in [-0.05, 0) is 64.1 Å². The molecule has 0 amide bonds. The van der Waals surface area contributed by atoms with Gasteiger partial charge >= 0.3 is 0 Å². The average Bonchev–Trinajstić information content (AvgIpc) is 2.55. The molecule has 1 rings (SSSR count). The number of rotatable bonds is 12. The first-order valence-corrected chi connectivity index (χ1v) is 11.0. The molecule has 1 aromatic carbocycles. The van der Waals surface area contributed by atoms with Gasteiger partial charge in [-0.25, -0.2) is 13.1 Å². The smallest absolute Gasteiger partial charge is 0.216 e. The van der Waals surface area contributed by atoms with E-state index >= 15 is 0 Å². The van der Waals surface area contributed by atoms with Gasteiger partial charge in [0.15, 0.2) is 0 Å². The maximum Gasteiger partial charge on any atom is 0.216 e. The molecule has 0 unspecified atom stereocenters. The lowest BCUT2D eigenvalue weighted by Crippen LogP contribution is -2.39. The number of sulfonamides is 1. The van der Waals surface area contributed by atoms with Crippen molar-refractivity contribution in [1.29, 1.82) is 0 Å². The van der Waals surface area contributed by atoms with E-state index in [1.165, 1.54) is 30.4 Å². The highest BCUT2D eigenvalue weighted by Crippen LogP contribution is 2.13. The zero-order valence-corrected chi connectivity index (χ0v) is 17.2. The Balaban J connectivity index is 2.09. The van der Waals surface area contributed by atoms with Crippen molar-refractivity contribution in [2.24, 2.45) is 0 Å². The Morgan fingerprint density at radius 2 is 1.48 bits per heavy atom. The van der Waals surface area contributed by atoms with E-state index < -0.39 is 14.8 Å². The Morgan fingerprint density at radius 1 is 0.880 bits per heavy atom. The molecule has 1 aromatic rings. The van der Waals surface area contributed by atoms with Crippen LogP contribution in [0.15, 0.2) is 24.3 Å². The van der Waals surface area contributed by atoms with Gasteiger partial charge in [0.25, 0.3) is 0 Å². The van der Waals surface area contributed by atoms with Crippen molar-refractivity contribution in [2.45, 2.75) is 77.5 Å². The number of nitrogens with one attached hydrogen (secondary N) is 2. The zero-order valence-electron chi connectivity index (χ0n) is 16.4. The van der Waals surface area contributed by atoms with Gasteiger partial charge in [0.2, 0.25) is 10.0 Å². The third kappa shape index (κ3) is 8.84. The maximum absolute atomic E-state index is 11.9. The van der Waals surface area contributed by atoms with E-state index in [1.54, 1.807) is 20.8 Å². The van der Waals surface area contributed by atoms with Crippen LogP contribution in [-0.4, -0.2) is 26.3 Å². The predicted molar refractivity (Wildman–Crippen MR) is 107 cm³/mol. The van der Waals surface area contributed by atoms with Crippen LogP contribution in [0.3, 0.4) is 0 Å². The highest BCUT2D eigenvalue weighted by molar-refractivity contribution is 7.90. The second-order valence-electron chi connectivity index (χ2n) is 7.67. The molecule has 0 aliphatic rings. The molecule has 0 aromatic heterocycles. The second-order valence-corrected chi connectivity index (χ2v) is 10.2. The number of benzene rings is 1. The Morgan fingerprint density at radius 3 is 2.08 bits per heavy atom. The Bertz CT molecular complexity index is 575. The van der Waals surface area contributed by atoms with Crippen molar-refractivity contribution in [2.75, 3.05) is 13.1 Å². The standard InChI is InChI=1S/C20H36N2O2S/c1-5-6-10-18-11-13-19(14-12-18)17-21-15-8-7-9-16-22-25(23,24)20(2,3)4/h11-14,21-22H,5-10,15-17H2,1-4H3. The summed E-state index contributed by atoms with van der Waals surface area (Å²) in [6, 6.07) is 8.88. The van der Waals surface area contributed by atoms with E-state index in [0.717, 1.165) is 32.4 Å². The topological polar surface area (TPSA) is 58.2 Å². The van der Waals surface area contributed by atoms with Crippen LogP contribution in [0.2, 0.25) is 0 Å². The quantitative estimate of drug-likeness (QED) is 0.548. The monoisotopic (exact) mass is 368 g/mol. The Hall–Kier alpha value is -0.910. The molecular formula is C20H36N2O2S. The van der Waals surface area contributed by atoms with E-state index in [-0.39, 0.29) is 0 Å². The SMILES string of the molecule is CCCCc1ccc(CNCCCCCNS(=O)(=O)C(C)(C)C)cc1. The van der Waals surface area contributed by atoms with Crippen LogP contribution in [0, 0.1) is 0 Å². The summed E-state index contributed by atoms with van der Waals surface area (Å²) in [5, 5.41) is 3.46. The van der Waals surface area contributed by atoms with E-state index in [9.17, 15) is 8.42 Å². The molecule has 144 valence electrons. The van der Waals surface area contributed by atoms with E-state index in [1.807, 2.05) is 0 Å². The lowest BCUT2D eigenvalue weighted by molar-refractivity contribution is 0.537. The van der Waals surface area contributed by atoms with Crippen LogP contribution in [0.5, 0.6) is 0 Å². The summed E-state index contributed by atoms with van der Waals surface area (Å²) < 4.78 is 25.8. The number of hydrogen-bond acceptors (Lipinski definition) is 3. The molecule has 0 saturated carbocycles. The van der Waals surface area contributed by atoms with Gasteiger partial charge < -0.3 is 5.32 Å². The molecule has 2 N–H and O–H groups in total. The minimum absolute atomic E-state index is 0.527. The van der Waals surface area contributed by atoms with Crippen molar-refractivity contribution in [3.05, 3.63) is 35.4 Å².